The molecule has 0 bridgehead atoms. The van der Waals surface area contributed by atoms with E-state index >= 15 is 0 Å². The largest absolute Gasteiger partial charge is 0.497 e. The molecule has 3 rings (SSSR count). The van der Waals surface area contributed by atoms with Crippen LogP contribution < -0.4 is 10.1 Å². The van der Waals surface area contributed by atoms with Gasteiger partial charge in [-0.2, -0.15) is 11.8 Å². The highest BCUT2D eigenvalue weighted by atomic mass is 32.2. The number of methoxy groups -OCH3 is 1. The van der Waals surface area contributed by atoms with Crippen LogP contribution in [0.1, 0.15) is 63.0 Å². The van der Waals surface area contributed by atoms with Crippen LogP contribution in [0.15, 0.2) is 54.6 Å². The summed E-state index contributed by atoms with van der Waals surface area (Å²) >= 11 is 1.75. The molecule has 5 nitrogen and oxygen atoms in total. The molecule has 2 aromatic carbocycles. The van der Waals surface area contributed by atoms with Crippen molar-refractivity contribution in [1.29, 1.82) is 0 Å². The maximum absolute atomic E-state index is 13.4. The number of nitrogens with one attached hydrogen (secondary N) is 1. The molecule has 0 aromatic heterocycles. The van der Waals surface area contributed by atoms with Gasteiger partial charge in [0.1, 0.15) is 11.8 Å². The lowest BCUT2D eigenvalue weighted by atomic mass is 9.95. The molecular formula is C28H38N2O3S. The van der Waals surface area contributed by atoms with Gasteiger partial charge in [-0.25, -0.2) is 0 Å². The Kier molecular flexibility index (Phi) is 10.8. The topological polar surface area (TPSA) is 58.6 Å². The fourth-order valence-electron chi connectivity index (χ4n) is 4.50. The molecule has 2 amide bonds. The molecule has 1 N–H and O–H groups in total. The van der Waals surface area contributed by atoms with Gasteiger partial charge in [0.05, 0.1) is 7.11 Å². The number of ether oxygens (including phenoxy) is 1. The monoisotopic (exact) mass is 482 g/mol. The molecule has 2 aromatic rings. The van der Waals surface area contributed by atoms with E-state index in [4.69, 9.17) is 4.74 Å². The zero-order valence-electron chi connectivity index (χ0n) is 20.5. The van der Waals surface area contributed by atoms with Crippen molar-refractivity contribution in [2.45, 2.75) is 76.3 Å². The van der Waals surface area contributed by atoms with Crippen molar-refractivity contribution < 1.29 is 14.3 Å². The standard InChI is InChI=1S/C28H38N2O3S/c1-3-26(28(32)29-24-14-8-5-9-15-24)30(20-23-13-10-16-25(19-23)33-2)27(31)17-18-34-21-22-11-6-4-7-12-22/h4,6-7,10-13,16,19,24,26H,3,5,8-9,14-15,17-18,20-21H2,1-2H3,(H,29,32)/t26-/m1/s1. The van der Waals surface area contributed by atoms with E-state index in [1.54, 1.807) is 23.8 Å². The number of benzene rings is 2. The number of thioether (sulfide) groups is 1. The first kappa shape index (κ1) is 26.1. The molecule has 1 aliphatic rings. The van der Waals surface area contributed by atoms with Gasteiger partial charge in [-0.3, -0.25) is 9.59 Å². The van der Waals surface area contributed by atoms with Gasteiger partial charge in [-0.1, -0.05) is 68.7 Å². The van der Waals surface area contributed by atoms with Gasteiger partial charge in [0.25, 0.3) is 0 Å². The van der Waals surface area contributed by atoms with E-state index in [2.05, 4.69) is 17.4 Å². The van der Waals surface area contributed by atoms with Crippen LogP contribution in [0.3, 0.4) is 0 Å². The van der Waals surface area contributed by atoms with Gasteiger partial charge < -0.3 is 15.0 Å². The average Bonchev–Trinajstić information content (AvgIpc) is 2.87. The fraction of sp³-hybridized carbons (Fsp3) is 0.500. The molecule has 0 heterocycles. The predicted octanol–water partition coefficient (Wildman–Crippen LogP) is 5.57. The van der Waals surface area contributed by atoms with Crippen LogP contribution in [-0.2, 0) is 21.9 Å². The molecule has 1 atom stereocenters. The first-order valence-corrected chi connectivity index (χ1v) is 13.6. The molecule has 0 saturated heterocycles. The van der Waals surface area contributed by atoms with Crippen molar-refractivity contribution in [2.75, 3.05) is 12.9 Å². The second-order valence-electron chi connectivity index (χ2n) is 8.93. The minimum absolute atomic E-state index is 0.0222. The lowest BCUT2D eigenvalue weighted by Gasteiger charge is -2.33. The summed E-state index contributed by atoms with van der Waals surface area (Å²) in [4.78, 5) is 28.5. The molecule has 0 spiro atoms. The van der Waals surface area contributed by atoms with E-state index in [9.17, 15) is 9.59 Å². The highest BCUT2D eigenvalue weighted by Crippen LogP contribution is 2.21. The molecule has 0 radical (unpaired) electrons. The summed E-state index contributed by atoms with van der Waals surface area (Å²) in [6.45, 7) is 2.39. The second kappa shape index (κ2) is 14.1. The first-order valence-electron chi connectivity index (χ1n) is 12.4. The fourth-order valence-corrected chi connectivity index (χ4v) is 5.39. The maximum atomic E-state index is 13.4. The van der Waals surface area contributed by atoms with Gasteiger partial charge in [-0.15, -0.1) is 0 Å². The summed E-state index contributed by atoms with van der Waals surface area (Å²) in [6.07, 6.45) is 6.62. The van der Waals surface area contributed by atoms with Crippen molar-refractivity contribution in [3.05, 3.63) is 65.7 Å². The van der Waals surface area contributed by atoms with E-state index in [1.165, 1.54) is 12.0 Å². The van der Waals surface area contributed by atoms with Crippen LogP contribution in [0.5, 0.6) is 5.75 Å². The Morgan fingerprint density at radius 3 is 2.50 bits per heavy atom. The van der Waals surface area contributed by atoms with Crippen molar-refractivity contribution in [1.82, 2.24) is 10.2 Å². The van der Waals surface area contributed by atoms with Gasteiger partial charge in [0.15, 0.2) is 0 Å². The highest BCUT2D eigenvalue weighted by molar-refractivity contribution is 7.98. The van der Waals surface area contributed by atoms with Crippen LogP contribution >= 0.6 is 11.8 Å². The summed E-state index contributed by atoms with van der Waals surface area (Å²) in [7, 11) is 1.64. The van der Waals surface area contributed by atoms with Crippen LogP contribution in [0.4, 0.5) is 0 Å². The minimum atomic E-state index is -0.472. The summed E-state index contributed by atoms with van der Waals surface area (Å²) < 4.78 is 5.37. The van der Waals surface area contributed by atoms with E-state index in [1.807, 2.05) is 49.4 Å². The molecule has 184 valence electrons. The van der Waals surface area contributed by atoms with Crippen LogP contribution in [-0.4, -0.2) is 41.7 Å². The van der Waals surface area contributed by atoms with Crippen molar-refractivity contribution in [3.8, 4) is 5.75 Å². The van der Waals surface area contributed by atoms with E-state index in [0.29, 0.717) is 19.4 Å². The van der Waals surface area contributed by atoms with Crippen molar-refractivity contribution in [3.63, 3.8) is 0 Å². The Hall–Kier alpha value is -2.47. The molecule has 0 unspecified atom stereocenters. The highest BCUT2D eigenvalue weighted by Gasteiger charge is 2.30. The Morgan fingerprint density at radius 2 is 1.79 bits per heavy atom. The first-order chi connectivity index (χ1) is 16.6. The zero-order chi connectivity index (χ0) is 24.2. The third-order valence-electron chi connectivity index (χ3n) is 6.40. The molecule has 1 saturated carbocycles. The normalized spacial score (nSPS) is 14.9. The maximum Gasteiger partial charge on any atom is 0.243 e. The Morgan fingerprint density at radius 1 is 1.06 bits per heavy atom. The molecule has 34 heavy (non-hydrogen) atoms. The third-order valence-corrected chi connectivity index (χ3v) is 7.43. The van der Waals surface area contributed by atoms with Gasteiger partial charge in [0.2, 0.25) is 11.8 Å². The van der Waals surface area contributed by atoms with Crippen molar-refractivity contribution >= 4 is 23.6 Å². The number of nitrogens with zero attached hydrogens (tertiary/aromatic N) is 1. The SMILES string of the molecule is CC[C@H](C(=O)NC1CCCCC1)N(Cc1cccc(OC)c1)C(=O)CCSCc1ccccc1. The number of rotatable bonds is 12. The van der Waals surface area contributed by atoms with Crippen LogP contribution in [0.2, 0.25) is 0 Å². The summed E-state index contributed by atoms with van der Waals surface area (Å²) in [5, 5.41) is 3.24. The zero-order valence-corrected chi connectivity index (χ0v) is 21.3. The summed E-state index contributed by atoms with van der Waals surface area (Å²) in [5.41, 5.74) is 2.22. The van der Waals surface area contributed by atoms with Crippen LogP contribution in [0.25, 0.3) is 0 Å². The lowest BCUT2D eigenvalue weighted by Crippen LogP contribution is -2.51. The quantitative estimate of drug-likeness (QED) is 0.402. The molecule has 1 fully saturated rings. The minimum Gasteiger partial charge on any atom is -0.497 e. The Labute approximate surface area is 208 Å². The van der Waals surface area contributed by atoms with Gasteiger partial charge in [0, 0.05) is 30.5 Å². The van der Waals surface area contributed by atoms with E-state index in [0.717, 1.165) is 48.5 Å². The Balaban J connectivity index is 1.67. The van der Waals surface area contributed by atoms with E-state index < -0.39 is 6.04 Å². The van der Waals surface area contributed by atoms with Crippen LogP contribution in [0, 0.1) is 0 Å². The number of carbonyl (C=O) groups excluding carboxylic acids is 2. The third kappa shape index (κ3) is 8.08. The second-order valence-corrected chi connectivity index (χ2v) is 10.0. The smallest absolute Gasteiger partial charge is 0.243 e. The Bertz CT molecular complexity index is 900. The lowest BCUT2D eigenvalue weighted by molar-refractivity contribution is -0.141. The number of hydrogen-bond acceptors (Lipinski definition) is 4. The predicted molar refractivity (Wildman–Crippen MR) is 140 cm³/mol. The number of amides is 2. The molecule has 6 heteroatoms. The average molecular weight is 483 g/mol. The van der Waals surface area contributed by atoms with Gasteiger partial charge >= 0.3 is 0 Å². The van der Waals surface area contributed by atoms with Crippen molar-refractivity contribution in [2.24, 2.45) is 0 Å². The van der Waals surface area contributed by atoms with E-state index in [-0.39, 0.29) is 17.9 Å². The molecular weight excluding hydrogens is 444 g/mol. The summed E-state index contributed by atoms with van der Waals surface area (Å²) in [5.74, 6) is 2.35. The number of hydrogen-bond donors (Lipinski definition) is 1. The number of carbonyl (C=O) groups is 2. The summed E-state index contributed by atoms with van der Waals surface area (Å²) in [6, 6.07) is 17.8. The molecule has 1 aliphatic carbocycles. The van der Waals surface area contributed by atoms with Gasteiger partial charge in [-0.05, 0) is 42.5 Å². The molecule has 0 aliphatic heterocycles.